The Hall–Kier alpha value is -2.28. The standard InChI is InChI=1S/C16H20FN3O3/c1-11(8-15(21)18-10-14-6-3-7-23-14)19-20-16(22)12-4-2-5-13(17)9-12/h2,4-5,9,14H,3,6-8,10H2,1H3,(H,18,21)(H,20,22)/b19-11-/t14-/m0/s1. The molecule has 1 atom stereocenters. The maximum absolute atomic E-state index is 13.0. The van der Waals surface area contributed by atoms with E-state index in [2.05, 4.69) is 15.8 Å². The first-order valence-corrected chi connectivity index (χ1v) is 7.52. The number of hydrogen-bond acceptors (Lipinski definition) is 4. The van der Waals surface area contributed by atoms with Crippen LogP contribution in [0.25, 0.3) is 0 Å². The van der Waals surface area contributed by atoms with Crippen LogP contribution in [0.2, 0.25) is 0 Å². The molecule has 0 radical (unpaired) electrons. The molecule has 0 aliphatic carbocycles. The van der Waals surface area contributed by atoms with Gasteiger partial charge in [0.05, 0.1) is 12.5 Å². The molecule has 124 valence electrons. The van der Waals surface area contributed by atoms with E-state index >= 15 is 0 Å². The topological polar surface area (TPSA) is 79.8 Å². The third kappa shape index (κ3) is 5.78. The summed E-state index contributed by atoms with van der Waals surface area (Å²) in [7, 11) is 0. The number of hydrogen-bond donors (Lipinski definition) is 2. The van der Waals surface area contributed by atoms with Crippen LogP contribution in [-0.2, 0) is 9.53 Å². The molecule has 0 spiro atoms. The van der Waals surface area contributed by atoms with Gasteiger partial charge < -0.3 is 10.1 Å². The smallest absolute Gasteiger partial charge is 0.271 e. The summed E-state index contributed by atoms with van der Waals surface area (Å²) in [6, 6.07) is 5.30. The highest BCUT2D eigenvalue weighted by Crippen LogP contribution is 2.10. The minimum Gasteiger partial charge on any atom is -0.376 e. The second-order valence-corrected chi connectivity index (χ2v) is 5.41. The molecule has 1 aliphatic heterocycles. The van der Waals surface area contributed by atoms with Crippen LogP contribution in [0.5, 0.6) is 0 Å². The van der Waals surface area contributed by atoms with Gasteiger partial charge in [0.15, 0.2) is 0 Å². The number of benzene rings is 1. The van der Waals surface area contributed by atoms with Crippen molar-refractivity contribution in [2.45, 2.75) is 32.3 Å². The Balaban J connectivity index is 1.75. The molecule has 1 aromatic rings. The molecule has 1 saturated heterocycles. The summed E-state index contributed by atoms with van der Waals surface area (Å²) in [6.07, 6.45) is 2.14. The van der Waals surface area contributed by atoms with Crippen molar-refractivity contribution >= 4 is 17.5 Å². The highest BCUT2D eigenvalue weighted by molar-refractivity contribution is 6.01. The van der Waals surface area contributed by atoms with E-state index < -0.39 is 11.7 Å². The van der Waals surface area contributed by atoms with Gasteiger partial charge in [0, 0.05) is 24.4 Å². The van der Waals surface area contributed by atoms with Crippen molar-refractivity contribution in [1.29, 1.82) is 0 Å². The maximum Gasteiger partial charge on any atom is 0.271 e. The highest BCUT2D eigenvalue weighted by Gasteiger charge is 2.16. The molecule has 7 heteroatoms. The van der Waals surface area contributed by atoms with E-state index in [0.717, 1.165) is 25.5 Å². The van der Waals surface area contributed by atoms with Gasteiger partial charge in [-0.3, -0.25) is 9.59 Å². The van der Waals surface area contributed by atoms with Crippen LogP contribution in [0.4, 0.5) is 4.39 Å². The van der Waals surface area contributed by atoms with E-state index in [1.807, 2.05) is 0 Å². The molecular formula is C16H20FN3O3. The van der Waals surface area contributed by atoms with Crippen molar-refractivity contribution in [2.24, 2.45) is 5.10 Å². The number of carbonyl (C=O) groups is 2. The number of halogens is 1. The molecule has 23 heavy (non-hydrogen) atoms. The molecule has 1 aromatic carbocycles. The fourth-order valence-corrected chi connectivity index (χ4v) is 2.21. The number of ether oxygens (including phenoxy) is 1. The molecule has 0 unspecified atom stereocenters. The monoisotopic (exact) mass is 321 g/mol. The van der Waals surface area contributed by atoms with Gasteiger partial charge in [0.2, 0.25) is 5.91 Å². The first-order chi connectivity index (χ1) is 11.0. The van der Waals surface area contributed by atoms with Gasteiger partial charge in [-0.15, -0.1) is 0 Å². The van der Waals surface area contributed by atoms with E-state index in [-0.39, 0.29) is 24.0 Å². The molecule has 1 fully saturated rings. The number of nitrogens with zero attached hydrogens (tertiary/aromatic N) is 1. The van der Waals surface area contributed by atoms with Gasteiger partial charge in [-0.1, -0.05) is 6.07 Å². The fraction of sp³-hybridized carbons (Fsp3) is 0.438. The van der Waals surface area contributed by atoms with E-state index in [1.165, 1.54) is 18.2 Å². The van der Waals surface area contributed by atoms with Crippen LogP contribution < -0.4 is 10.7 Å². The zero-order valence-corrected chi connectivity index (χ0v) is 13.0. The van der Waals surface area contributed by atoms with Gasteiger partial charge in [0.25, 0.3) is 5.91 Å². The van der Waals surface area contributed by atoms with Crippen molar-refractivity contribution in [3.8, 4) is 0 Å². The predicted octanol–water partition coefficient (Wildman–Crippen LogP) is 1.62. The average Bonchev–Trinajstić information content (AvgIpc) is 3.04. The van der Waals surface area contributed by atoms with Gasteiger partial charge >= 0.3 is 0 Å². The normalized spacial score (nSPS) is 17.8. The lowest BCUT2D eigenvalue weighted by Gasteiger charge is -2.10. The molecule has 1 aliphatic rings. The Kier molecular flexibility index (Phi) is 6.22. The summed E-state index contributed by atoms with van der Waals surface area (Å²) in [5.74, 6) is -1.20. The Labute approximate surface area is 134 Å². The van der Waals surface area contributed by atoms with Gasteiger partial charge in [-0.05, 0) is 38.0 Å². The van der Waals surface area contributed by atoms with Crippen LogP contribution in [0.1, 0.15) is 36.5 Å². The summed E-state index contributed by atoms with van der Waals surface area (Å²) in [4.78, 5) is 23.5. The van der Waals surface area contributed by atoms with Crippen LogP contribution in [0.15, 0.2) is 29.4 Å². The summed E-state index contributed by atoms with van der Waals surface area (Å²) in [6.45, 7) is 2.87. The Bertz CT molecular complexity index is 598. The largest absolute Gasteiger partial charge is 0.376 e. The number of hydrazone groups is 1. The SMILES string of the molecule is C/C(CC(=O)NC[C@@H]1CCCO1)=N/NC(=O)c1cccc(F)c1. The summed E-state index contributed by atoms with van der Waals surface area (Å²) in [5, 5.41) is 6.63. The zero-order valence-electron chi connectivity index (χ0n) is 13.0. The van der Waals surface area contributed by atoms with E-state index in [4.69, 9.17) is 4.74 Å². The molecule has 0 aromatic heterocycles. The van der Waals surface area contributed by atoms with Crippen molar-refractivity contribution in [3.63, 3.8) is 0 Å². The molecule has 2 N–H and O–H groups in total. The van der Waals surface area contributed by atoms with E-state index in [1.54, 1.807) is 6.92 Å². The molecule has 2 amide bonds. The van der Waals surface area contributed by atoms with Crippen LogP contribution in [0.3, 0.4) is 0 Å². The molecule has 2 rings (SSSR count). The number of rotatable bonds is 6. The Morgan fingerprint density at radius 1 is 1.43 bits per heavy atom. The third-order valence-corrected chi connectivity index (χ3v) is 3.40. The highest BCUT2D eigenvalue weighted by atomic mass is 19.1. The average molecular weight is 321 g/mol. The lowest BCUT2D eigenvalue weighted by Crippen LogP contribution is -2.33. The van der Waals surface area contributed by atoms with Crippen LogP contribution in [-0.4, -0.2) is 36.8 Å². The fourth-order valence-electron chi connectivity index (χ4n) is 2.21. The maximum atomic E-state index is 13.0. The van der Waals surface area contributed by atoms with E-state index in [9.17, 15) is 14.0 Å². The first-order valence-electron chi connectivity index (χ1n) is 7.52. The number of amides is 2. The predicted molar refractivity (Wildman–Crippen MR) is 83.6 cm³/mol. The van der Waals surface area contributed by atoms with E-state index in [0.29, 0.717) is 12.3 Å². The van der Waals surface area contributed by atoms with Crippen molar-refractivity contribution in [3.05, 3.63) is 35.6 Å². The van der Waals surface area contributed by atoms with Gasteiger partial charge in [0.1, 0.15) is 5.82 Å². The molecule has 6 nitrogen and oxygen atoms in total. The Morgan fingerprint density at radius 2 is 2.26 bits per heavy atom. The molecule has 0 saturated carbocycles. The Morgan fingerprint density at radius 3 is 2.96 bits per heavy atom. The second-order valence-electron chi connectivity index (χ2n) is 5.41. The number of carbonyl (C=O) groups excluding carboxylic acids is 2. The lowest BCUT2D eigenvalue weighted by atomic mass is 10.2. The minimum atomic E-state index is -0.524. The molecule has 1 heterocycles. The van der Waals surface area contributed by atoms with Gasteiger partial charge in [-0.25, -0.2) is 9.82 Å². The van der Waals surface area contributed by atoms with Gasteiger partial charge in [-0.2, -0.15) is 5.10 Å². The minimum absolute atomic E-state index is 0.0795. The van der Waals surface area contributed by atoms with Crippen LogP contribution in [0, 0.1) is 5.82 Å². The quantitative estimate of drug-likeness (QED) is 0.617. The van der Waals surface area contributed by atoms with Crippen molar-refractivity contribution < 1.29 is 18.7 Å². The third-order valence-electron chi connectivity index (χ3n) is 3.40. The van der Waals surface area contributed by atoms with Crippen LogP contribution >= 0.6 is 0 Å². The van der Waals surface area contributed by atoms with Crippen molar-refractivity contribution in [2.75, 3.05) is 13.2 Å². The molecular weight excluding hydrogens is 301 g/mol. The zero-order chi connectivity index (χ0) is 16.7. The summed E-state index contributed by atoms with van der Waals surface area (Å²) < 4.78 is 18.4. The first kappa shape index (κ1) is 17.1. The number of nitrogens with one attached hydrogen (secondary N) is 2. The molecule has 0 bridgehead atoms. The lowest BCUT2D eigenvalue weighted by molar-refractivity contribution is -0.120. The second kappa shape index (κ2) is 8.38. The summed E-state index contributed by atoms with van der Waals surface area (Å²) in [5.41, 5.74) is 2.93. The van der Waals surface area contributed by atoms with Crippen molar-refractivity contribution in [1.82, 2.24) is 10.7 Å². The summed E-state index contributed by atoms with van der Waals surface area (Å²) >= 11 is 0.